The summed E-state index contributed by atoms with van der Waals surface area (Å²) in [5, 5.41) is 3.84. The Kier molecular flexibility index (Phi) is 4.63. The highest BCUT2D eigenvalue weighted by molar-refractivity contribution is 6.29. The van der Waals surface area contributed by atoms with E-state index >= 15 is 0 Å². The summed E-state index contributed by atoms with van der Waals surface area (Å²) in [4.78, 5) is 15.4. The quantitative estimate of drug-likeness (QED) is 0.868. The molecule has 0 unspecified atom stereocenters. The smallest absolute Gasteiger partial charge is 0.157 e. The molecule has 1 saturated heterocycles. The van der Waals surface area contributed by atoms with Gasteiger partial charge in [0.05, 0.1) is 24.4 Å². The predicted molar refractivity (Wildman–Crippen MR) is 91.0 cm³/mol. The van der Waals surface area contributed by atoms with Crippen LogP contribution in [0.5, 0.6) is 0 Å². The molecule has 2 aromatic heterocycles. The van der Waals surface area contributed by atoms with E-state index in [-0.39, 0.29) is 0 Å². The molecule has 1 fully saturated rings. The van der Waals surface area contributed by atoms with Gasteiger partial charge in [0.25, 0.3) is 0 Å². The fourth-order valence-corrected chi connectivity index (χ4v) is 2.67. The molecule has 6 nitrogen and oxygen atoms in total. The van der Waals surface area contributed by atoms with Gasteiger partial charge in [-0.1, -0.05) is 11.6 Å². The zero-order valence-corrected chi connectivity index (χ0v) is 14.0. The molecule has 1 aliphatic heterocycles. The van der Waals surface area contributed by atoms with Gasteiger partial charge in [-0.3, -0.25) is 4.98 Å². The Morgan fingerprint density at radius 1 is 1.26 bits per heavy atom. The molecular weight excluding hydrogens is 314 g/mol. The van der Waals surface area contributed by atoms with Gasteiger partial charge in [0.2, 0.25) is 0 Å². The molecule has 122 valence electrons. The second-order valence-corrected chi connectivity index (χ2v) is 6.35. The molecule has 1 N–H and O–H groups in total. The standard InChI is InChI=1S/C16H20ClN5O/c1-16(2,21-12-4-3-5-18-11-12)15-19-13(17)10-14(20-15)22-6-8-23-9-7-22/h3-5,10-11,21H,6-9H2,1-2H3. The van der Waals surface area contributed by atoms with E-state index in [9.17, 15) is 0 Å². The van der Waals surface area contributed by atoms with Crippen LogP contribution >= 0.6 is 11.6 Å². The highest BCUT2D eigenvalue weighted by atomic mass is 35.5. The van der Waals surface area contributed by atoms with Gasteiger partial charge in [-0.05, 0) is 26.0 Å². The van der Waals surface area contributed by atoms with E-state index in [2.05, 4.69) is 20.2 Å². The number of halogens is 1. The summed E-state index contributed by atoms with van der Waals surface area (Å²) in [6, 6.07) is 5.65. The summed E-state index contributed by atoms with van der Waals surface area (Å²) in [5.41, 5.74) is 0.434. The van der Waals surface area contributed by atoms with Crippen molar-refractivity contribution < 1.29 is 4.74 Å². The zero-order valence-electron chi connectivity index (χ0n) is 13.3. The van der Waals surface area contributed by atoms with E-state index in [1.807, 2.05) is 26.0 Å². The van der Waals surface area contributed by atoms with Crippen LogP contribution in [0.25, 0.3) is 0 Å². The van der Waals surface area contributed by atoms with Crippen LogP contribution in [0.3, 0.4) is 0 Å². The maximum Gasteiger partial charge on any atom is 0.157 e. The SMILES string of the molecule is CC(C)(Nc1cccnc1)c1nc(Cl)cc(N2CCOCC2)n1. The average molecular weight is 334 g/mol. The second-order valence-electron chi connectivity index (χ2n) is 5.96. The van der Waals surface area contributed by atoms with Crippen molar-refractivity contribution in [2.24, 2.45) is 0 Å². The summed E-state index contributed by atoms with van der Waals surface area (Å²) < 4.78 is 5.39. The third kappa shape index (κ3) is 3.89. The van der Waals surface area contributed by atoms with Crippen LogP contribution in [0.15, 0.2) is 30.6 Å². The number of morpholine rings is 1. The van der Waals surface area contributed by atoms with Gasteiger partial charge in [0, 0.05) is 31.5 Å². The summed E-state index contributed by atoms with van der Waals surface area (Å²) >= 11 is 6.23. The normalized spacial score (nSPS) is 15.5. The van der Waals surface area contributed by atoms with Crippen LogP contribution in [0.1, 0.15) is 19.7 Å². The van der Waals surface area contributed by atoms with E-state index in [0.717, 1.165) is 24.6 Å². The first-order valence-corrected chi connectivity index (χ1v) is 7.98. The molecule has 0 bridgehead atoms. The third-order valence-electron chi connectivity index (χ3n) is 3.69. The predicted octanol–water partition coefficient (Wildman–Crippen LogP) is 2.71. The summed E-state index contributed by atoms with van der Waals surface area (Å²) in [7, 11) is 0. The van der Waals surface area contributed by atoms with Crippen molar-refractivity contribution in [1.29, 1.82) is 0 Å². The highest BCUT2D eigenvalue weighted by Crippen LogP contribution is 2.26. The number of anilines is 2. The van der Waals surface area contributed by atoms with Crippen molar-refractivity contribution in [1.82, 2.24) is 15.0 Å². The molecule has 0 aliphatic carbocycles. The Morgan fingerprint density at radius 3 is 2.74 bits per heavy atom. The molecule has 1 aliphatic rings. The van der Waals surface area contributed by atoms with Crippen LogP contribution < -0.4 is 10.2 Å². The molecular formula is C16H20ClN5O. The van der Waals surface area contributed by atoms with Gasteiger partial charge in [-0.25, -0.2) is 9.97 Å². The molecule has 0 radical (unpaired) electrons. The van der Waals surface area contributed by atoms with Crippen molar-refractivity contribution in [3.05, 3.63) is 41.6 Å². The van der Waals surface area contributed by atoms with Crippen LogP contribution in [-0.4, -0.2) is 41.3 Å². The lowest BCUT2D eigenvalue weighted by Crippen LogP contribution is -2.38. The molecule has 7 heteroatoms. The number of hydrogen-bond acceptors (Lipinski definition) is 6. The average Bonchev–Trinajstić information content (AvgIpc) is 2.56. The van der Waals surface area contributed by atoms with Crippen LogP contribution in [0, 0.1) is 0 Å². The Balaban J connectivity index is 1.87. The number of nitrogens with zero attached hydrogens (tertiary/aromatic N) is 4. The molecule has 0 atom stereocenters. The minimum Gasteiger partial charge on any atom is -0.378 e. The number of rotatable bonds is 4. The summed E-state index contributed by atoms with van der Waals surface area (Å²) in [6.07, 6.45) is 3.51. The fraction of sp³-hybridized carbons (Fsp3) is 0.438. The minimum absolute atomic E-state index is 0.442. The number of aromatic nitrogens is 3. The van der Waals surface area contributed by atoms with E-state index < -0.39 is 5.54 Å². The largest absolute Gasteiger partial charge is 0.378 e. The van der Waals surface area contributed by atoms with Gasteiger partial charge >= 0.3 is 0 Å². The maximum atomic E-state index is 6.23. The first kappa shape index (κ1) is 16.0. The topological polar surface area (TPSA) is 63.2 Å². The molecule has 0 aromatic carbocycles. The number of ether oxygens (including phenoxy) is 1. The van der Waals surface area contributed by atoms with E-state index in [0.29, 0.717) is 24.2 Å². The fourth-order valence-electron chi connectivity index (χ4n) is 2.49. The van der Waals surface area contributed by atoms with Crippen LogP contribution in [0.2, 0.25) is 5.15 Å². The first-order valence-electron chi connectivity index (χ1n) is 7.60. The number of nitrogens with one attached hydrogen (secondary N) is 1. The van der Waals surface area contributed by atoms with Crippen molar-refractivity contribution in [2.45, 2.75) is 19.4 Å². The van der Waals surface area contributed by atoms with E-state index in [1.54, 1.807) is 18.5 Å². The zero-order chi connectivity index (χ0) is 16.3. The van der Waals surface area contributed by atoms with Crippen molar-refractivity contribution in [2.75, 3.05) is 36.5 Å². The lowest BCUT2D eigenvalue weighted by Gasteiger charge is -2.30. The first-order chi connectivity index (χ1) is 11.0. The van der Waals surface area contributed by atoms with Gasteiger partial charge in [-0.2, -0.15) is 0 Å². The van der Waals surface area contributed by atoms with Crippen LogP contribution in [-0.2, 0) is 10.3 Å². The van der Waals surface area contributed by atoms with Crippen LogP contribution in [0.4, 0.5) is 11.5 Å². The van der Waals surface area contributed by atoms with Gasteiger partial charge in [0.15, 0.2) is 5.82 Å². The van der Waals surface area contributed by atoms with Crippen molar-refractivity contribution in [3.8, 4) is 0 Å². The molecule has 0 saturated carbocycles. The van der Waals surface area contributed by atoms with E-state index in [4.69, 9.17) is 21.3 Å². The summed E-state index contributed by atoms with van der Waals surface area (Å²) in [6.45, 7) is 7.07. The molecule has 2 aromatic rings. The number of pyridine rings is 1. The minimum atomic E-state index is -0.477. The van der Waals surface area contributed by atoms with Gasteiger partial charge < -0.3 is 15.0 Å². The summed E-state index contributed by atoms with van der Waals surface area (Å²) in [5.74, 6) is 1.49. The number of hydrogen-bond donors (Lipinski definition) is 1. The lowest BCUT2D eigenvalue weighted by atomic mass is 10.0. The van der Waals surface area contributed by atoms with Crippen molar-refractivity contribution in [3.63, 3.8) is 0 Å². The molecule has 3 rings (SSSR count). The van der Waals surface area contributed by atoms with E-state index in [1.165, 1.54) is 0 Å². The molecule has 0 amide bonds. The monoisotopic (exact) mass is 333 g/mol. The molecule has 3 heterocycles. The lowest BCUT2D eigenvalue weighted by molar-refractivity contribution is 0.122. The molecule has 23 heavy (non-hydrogen) atoms. The highest BCUT2D eigenvalue weighted by Gasteiger charge is 2.26. The Morgan fingerprint density at radius 2 is 2.04 bits per heavy atom. The maximum absolute atomic E-state index is 6.23. The Bertz CT molecular complexity index is 659. The van der Waals surface area contributed by atoms with Gasteiger partial charge in [0.1, 0.15) is 11.0 Å². The second kappa shape index (κ2) is 6.68. The Labute approximate surface area is 140 Å². The van der Waals surface area contributed by atoms with Gasteiger partial charge in [-0.15, -0.1) is 0 Å². The molecule has 0 spiro atoms. The third-order valence-corrected chi connectivity index (χ3v) is 3.89. The van der Waals surface area contributed by atoms with Crippen molar-refractivity contribution >= 4 is 23.1 Å². The Hall–Kier alpha value is -1.92.